The lowest BCUT2D eigenvalue weighted by atomic mass is 10.4. The van der Waals surface area contributed by atoms with Crippen molar-refractivity contribution < 1.29 is 14.7 Å². The molecule has 0 spiro atoms. The van der Waals surface area contributed by atoms with E-state index in [0.717, 1.165) is 0 Å². The minimum absolute atomic E-state index is 0.100. The summed E-state index contributed by atoms with van der Waals surface area (Å²) in [5.41, 5.74) is -0.106. The van der Waals surface area contributed by atoms with Crippen LogP contribution in [0.5, 0.6) is 0 Å². The van der Waals surface area contributed by atoms with E-state index in [1.165, 1.54) is 15.8 Å². The third-order valence-electron chi connectivity index (χ3n) is 3.12. The second-order valence-corrected chi connectivity index (χ2v) is 5.46. The fourth-order valence-corrected chi connectivity index (χ4v) is 2.30. The van der Waals surface area contributed by atoms with Crippen molar-refractivity contribution in [3.8, 4) is 0 Å². The van der Waals surface area contributed by atoms with Crippen LogP contribution >= 0.6 is 18.8 Å². The largest absolute Gasteiger partial charge is 0.480 e. The Morgan fingerprint density at radius 3 is 2.79 bits per heavy atom. The molecule has 0 aliphatic carbocycles. The Kier molecular flexibility index (Phi) is 6.19. The van der Waals surface area contributed by atoms with E-state index in [2.05, 4.69) is 43.9 Å². The summed E-state index contributed by atoms with van der Waals surface area (Å²) in [4.78, 5) is 47.0. The molecule has 0 aromatic carbocycles. The molecule has 24 heavy (non-hydrogen) atoms. The molecule has 0 saturated heterocycles. The SMILES string of the molecule is O=C(O)CN(CCNP)C(=O)Cn1cnc2c(=O)[nH]c(NP)nc21. The number of aromatic amines is 1. The second kappa shape index (κ2) is 8.14. The van der Waals surface area contributed by atoms with Crippen LogP contribution in [0, 0.1) is 0 Å². The Morgan fingerprint density at radius 1 is 1.42 bits per heavy atom. The molecule has 0 bridgehead atoms. The summed E-state index contributed by atoms with van der Waals surface area (Å²) in [6.45, 7) is 0.0682. The molecule has 1 amide bonds. The van der Waals surface area contributed by atoms with E-state index in [0.29, 0.717) is 6.54 Å². The highest BCUT2D eigenvalue weighted by molar-refractivity contribution is 7.18. The number of fused-ring (bicyclic) bond motifs is 1. The molecule has 0 aliphatic heterocycles. The number of carboxylic acid groups (broad SMARTS) is 1. The van der Waals surface area contributed by atoms with Crippen LogP contribution in [0.4, 0.5) is 5.95 Å². The lowest BCUT2D eigenvalue weighted by Gasteiger charge is -2.20. The van der Waals surface area contributed by atoms with Crippen molar-refractivity contribution in [3.63, 3.8) is 0 Å². The van der Waals surface area contributed by atoms with Gasteiger partial charge in [-0.2, -0.15) is 4.98 Å². The highest BCUT2D eigenvalue weighted by Crippen LogP contribution is 2.09. The zero-order valence-electron chi connectivity index (χ0n) is 12.5. The lowest BCUT2D eigenvalue weighted by molar-refractivity contribution is -0.144. The molecular weight excluding hydrogens is 356 g/mol. The summed E-state index contributed by atoms with van der Waals surface area (Å²) in [5, 5.41) is 14.3. The standard InChI is InChI=1S/C11H17N7O4P2/c19-6(17(2-1-13-23)4-7(20)21)3-18-5-12-8-9(18)14-11(16-24)15-10(8)22/h5,13H,1-4,23-24H2,(H,20,21)(H2,14,15,16,22). The number of nitrogens with zero attached hydrogens (tertiary/aromatic N) is 4. The molecule has 130 valence electrons. The van der Waals surface area contributed by atoms with E-state index < -0.39 is 24.0 Å². The average molecular weight is 373 g/mol. The number of carbonyl (C=O) groups is 2. The van der Waals surface area contributed by atoms with Gasteiger partial charge >= 0.3 is 5.97 Å². The van der Waals surface area contributed by atoms with Crippen molar-refractivity contribution in [2.24, 2.45) is 0 Å². The van der Waals surface area contributed by atoms with Gasteiger partial charge in [0.05, 0.1) is 6.33 Å². The van der Waals surface area contributed by atoms with Gasteiger partial charge in [0, 0.05) is 13.1 Å². The molecule has 0 aliphatic rings. The second-order valence-electron chi connectivity index (χ2n) is 4.77. The van der Waals surface area contributed by atoms with Crippen molar-refractivity contribution in [2.45, 2.75) is 6.54 Å². The van der Waals surface area contributed by atoms with E-state index in [-0.39, 0.29) is 30.2 Å². The Balaban J connectivity index is 2.26. The zero-order valence-corrected chi connectivity index (χ0v) is 14.8. The summed E-state index contributed by atoms with van der Waals surface area (Å²) in [6.07, 6.45) is 1.32. The van der Waals surface area contributed by atoms with Crippen LogP contribution < -0.4 is 15.7 Å². The third kappa shape index (κ3) is 4.25. The molecule has 2 heterocycles. The fourth-order valence-electron chi connectivity index (χ4n) is 2.04. The number of aromatic nitrogens is 4. The summed E-state index contributed by atoms with van der Waals surface area (Å²) >= 11 is 0. The number of carboxylic acids is 1. The molecule has 2 aromatic heterocycles. The number of imidazole rings is 1. The van der Waals surface area contributed by atoms with E-state index in [4.69, 9.17) is 5.11 Å². The van der Waals surface area contributed by atoms with Gasteiger partial charge in [-0.1, -0.05) is 9.39 Å². The highest BCUT2D eigenvalue weighted by atomic mass is 31.0. The number of nitrogens with one attached hydrogen (secondary N) is 3. The van der Waals surface area contributed by atoms with Gasteiger partial charge < -0.3 is 19.7 Å². The Bertz CT molecular complexity index is 805. The van der Waals surface area contributed by atoms with Gasteiger partial charge in [0.2, 0.25) is 11.9 Å². The molecule has 11 nitrogen and oxygen atoms in total. The van der Waals surface area contributed by atoms with Gasteiger partial charge in [-0.25, -0.2) is 4.98 Å². The summed E-state index contributed by atoms with van der Waals surface area (Å²) < 4.78 is 1.40. The first-order valence-electron chi connectivity index (χ1n) is 6.81. The van der Waals surface area contributed by atoms with Crippen LogP contribution in [0.2, 0.25) is 0 Å². The molecule has 0 radical (unpaired) electrons. The molecule has 13 heteroatoms. The maximum absolute atomic E-state index is 12.4. The third-order valence-corrected chi connectivity index (χ3v) is 3.68. The molecule has 2 atom stereocenters. The Hall–Kier alpha value is -2.09. The topological polar surface area (TPSA) is 145 Å². The smallest absolute Gasteiger partial charge is 0.323 e. The number of hydrogen-bond donors (Lipinski definition) is 4. The number of carbonyl (C=O) groups excluding carboxylic acids is 1. The lowest BCUT2D eigenvalue weighted by Crippen LogP contribution is -2.40. The van der Waals surface area contributed by atoms with Crippen molar-refractivity contribution in [1.82, 2.24) is 29.5 Å². The first-order valence-corrected chi connectivity index (χ1v) is 7.96. The number of amides is 1. The molecule has 2 rings (SSSR count). The number of hydrogen-bond acceptors (Lipinski definition) is 7. The quantitative estimate of drug-likeness (QED) is 0.414. The minimum Gasteiger partial charge on any atom is -0.480 e. The van der Waals surface area contributed by atoms with Crippen molar-refractivity contribution in [3.05, 3.63) is 16.7 Å². The summed E-state index contributed by atoms with van der Waals surface area (Å²) in [7, 11) is 4.49. The van der Waals surface area contributed by atoms with E-state index in [9.17, 15) is 14.4 Å². The molecule has 4 N–H and O–H groups in total. The average Bonchev–Trinajstić information content (AvgIpc) is 2.94. The maximum atomic E-state index is 12.4. The Morgan fingerprint density at radius 2 is 2.17 bits per heavy atom. The van der Waals surface area contributed by atoms with Gasteiger partial charge in [-0.15, -0.1) is 0 Å². The van der Waals surface area contributed by atoms with Gasteiger partial charge in [0.15, 0.2) is 11.2 Å². The summed E-state index contributed by atoms with van der Waals surface area (Å²) in [6, 6.07) is 0. The van der Waals surface area contributed by atoms with E-state index in [1.54, 1.807) is 0 Å². The maximum Gasteiger partial charge on any atom is 0.323 e. The summed E-state index contributed by atoms with van der Waals surface area (Å²) in [5.74, 6) is -1.31. The number of H-pyrrole nitrogens is 1. The predicted molar refractivity (Wildman–Crippen MR) is 93.4 cm³/mol. The highest BCUT2D eigenvalue weighted by Gasteiger charge is 2.19. The van der Waals surface area contributed by atoms with Crippen LogP contribution in [0.25, 0.3) is 11.2 Å². The first-order chi connectivity index (χ1) is 11.5. The van der Waals surface area contributed by atoms with Gasteiger partial charge in [-0.05, 0) is 9.39 Å². The molecule has 0 saturated carbocycles. The van der Waals surface area contributed by atoms with Gasteiger partial charge in [0.1, 0.15) is 13.1 Å². The molecule has 2 aromatic rings. The number of aliphatic carboxylic acids is 1. The van der Waals surface area contributed by atoms with Gasteiger partial charge in [0.25, 0.3) is 5.56 Å². The van der Waals surface area contributed by atoms with E-state index in [1.807, 2.05) is 0 Å². The van der Waals surface area contributed by atoms with Crippen LogP contribution in [0.15, 0.2) is 11.1 Å². The number of rotatable bonds is 8. The van der Waals surface area contributed by atoms with Crippen LogP contribution in [0.1, 0.15) is 0 Å². The van der Waals surface area contributed by atoms with Crippen LogP contribution in [-0.4, -0.2) is 61.0 Å². The zero-order chi connectivity index (χ0) is 17.7. The molecule has 0 fully saturated rings. The monoisotopic (exact) mass is 373 g/mol. The minimum atomic E-state index is -1.10. The number of anilines is 1. The fraction of sp³-hybridized carbons (Fsp3) is 0.364. The predicted octanol–water partition coefficient (Wildman–Crippen LogP) is -1.39. The first kappa shape index (κ1) is 18.3. The normalized spacial score (nSPS) is 10.8. The van der Waals surface area contributed by atoms with Crippen molar-refractivity contribution in [1.29, 1.82) is 0 Å². The van der Waals surface area contributed by atoms with E-state index >= 15 is 0 Å². The molecular formula is C11H17N7O4P2. The molecule has 2 unspecified atom stereocenters. The Labute approximate surface area is 140 Å². The van der Waals surface area contributed by atoms with Crippen molar-refractivity contribution in [2.75, 3.05) is 24.7 Å². The van der Waals surface area contributed by atoms with Crippen LogP contribution in [0.3, 0.4) is 0 Å². The van der Waals surface area contributed by atoms with Crippen LogP contribution in [-0.2, 0) is 16.1 Å². The van der Waals surface area contributed by atoms with Gasteiger partial charge in [-0.3, -0.25) is 24.5 Å². The van der Waals surface area contributed by atoms with Crippen molar-refractivity contribution >= 4 is 47.8 Å².